The Morgan fingerprint density at radius 2 is 1.97 bits per heavy atom. The number of carbonyl (C=O) groups excluding carboxylic acids is 2. The Morgan fingerprint density at radius 1 is 1.16 bits per heavy atom. The lowest BCUT2D eigenvalue weighted by molar-refractivity contribution is -0.147. The molecule has 8 nitrogen and oxygen atoms in total. The first-order valence-corrected chi connectivity index (χ1v) is 10.9. The summed E-state index contributed by atoms with van der Waals surface area (Å²) in [6.45, 7) is 3.46. The molecule has 2 aromatic heterocycles. The molecule has 31 heavy (non-hydrogen) atoms. The van der Waals surface area contributed by atoms with Crippen LogP contribution in [0.15, 0.2) is 18.2 Å². The number of aromatic nitrogens is 2. The van der Waals surface area contributed by atoms with Gasteiger partial charge in [-0.1, -0.05) is 6.07 Å². The summed E-state index contributed by atoms with van der Waals surface area (Å²) >= 11 is 1.18. The predicted molar refractivity (Wildman–Crippen MR) is 116 cm³/mol. The Balaban J connectivity index is 1.39. The molecule has 1 aliphatic rings. The molecule has 2 heterocycles. The molecule has 0 aliphatic heterocycles. The van der Waals surface area contributed by atoms with Crippen molar-refractivity contribution in [3.63, 3.8) is 0 Å². The zero-order valence-corrected chi connectivity index (χ0v) is 18.2. The van der Waals surface area contributed by atoms with Crippen molar-refractivity contribution >= 4 is 39.3 Å². The first-order chi connectivity index (χ1) is 15.0. The lowest BCUT2D eigenvalue weighted by Crippen LogP contribution is -2.16. The smallest absolute Gasteiger partial charge is 0.348 e. The number of hydrogen-bond donors (Lipinski definition) is 1. The van der Waals surface area contributed by atoms with E-state index in [0.29, 0.717) is 26.4 Å². The first kappa shape index (κ1) is 21.0. The third-order valence-corrected chi connectivity index (χ3v) is 6.28. The van der Waals surface area contributed by atoms with E-state index in [-0.39, 0.29) is 31.5 Å². The number of rotatable bonds is 7. The maximum atomic E-state index is 12.1. The predicted octanol–water partition coefficient (Wildman–Crippen LogP) is 3.37. The van der Waals surface area contributed by atoms with Gasteiger partial charge in [-0.05, 0) is 61.9 Å². The van der Waals surface area contributed by atoms with E-state index in [2.05, 4.69) is 9.97 Å². The number of benzene rings is 1. The monoisotopic (exact) mass is 441 g/mol. The van der Waals surface area contributed by atoms with Crippen LogP contribution in [0.2, 0.25) is 0 Å². The maximum absolute atomic E-state index is 12.1. The van der Waals surface area contributed by atoms with Crippen molar-refractivity contribution in [3.05, 3.63) is 45.6 Å². The molecule has 0 atom stereocenters. The second kappa shape index (κ2) is 8.89. The molecule has 9 heteroatoms. The van der Waals surface area contributed by atoms with Crippen LogP contribution in [0.25, 0.3) is 10.2 Å². The molecule has 0 spiro atoms. The standard InChI is InChI=1S/C22H23N3O5S/c1-3-28-22(27)19-12(2)18-20(23)24-16(25-21(18)31-19)10-30-17(26)11-29-15-8-7-13-5-4-6-14(13)9-15/h7-9H,3-6,10-11H2,1-2H3,(H2,23,24,25). The molecule has 0 radical (unpaired) electrons. The van der Waals surface area contributed by atoms with Crippen LogP contribution in [0.4, 0.5) is 5.82 Å². The number of aryl methyl sites for hydroxylation is 3. The normalized spacial score (nSPS) is 12.6. The topological polar surface area (TPSA) is 114 Å². The fraction of sp³-hybridized carbons (Fsp3) is 0.364. The number of nitrogen functional groups attached to an aromatic ring is 1. The van der Waals surface area contributed by atoms with Gasteiger partial charge in [0, 0.05) is 0 Å². The van der Waals surface area contributed by atoms with E-state index in [9.17, 15) is 9.59 Å². The van der Waals surface area contributed by atoms with E-state index in [1.54, 1.807) is 13.8 Å². The molecule has 2 N–H and O–H groups in total. The largest absolute Gasteiger partial charge is 0.482 e. The summed E-state index contributed by atoms with van der Waals surface area (Å²) in [5.74, 6) is 0.193. The molecule has 0 amide bonds. The van der Waals surface area contributed by atoms with Gasteiger partial charge >= 0.3 is 11.9 Å². The lowest BCUT2D eigenvalue weighted by Gasteiger charge is -2.08. The highest BCUT2D eigenvalue weighted by Crippen LogP contribution is 2.33. The third-order valence-electron chi connectivity index (χ3n) is 5.11. The number of carbonyl (C=O) groups is 2. The van der Waals surface area contributed by atoms with Crippen molar-refractivity contribution in [2.45, 2.75) is 39.7 Å². The molecule has 0 bridgehead atoms. The van der Waals surface area contributed by atoms with E-state index in [0.717, 1.165) is 19.3 Å². The molecular formula is C22H23N3O5S. The summed E-state index contributed by atoms with van der Waals surface area (Å²) in [4.78, 5) is 33.8. The zero-order valence-electron chi connectivity index (χ0n) is 17.4. The van der Waals surface area contributed by atoms with Crippen LogP contribution < -0.4 is 10.5 Å². The van der Waals surface area contributed by atoms with Crippen LogP contribution in [0.3, 0.4) is 0 Å². The lowest BCUT2D eigenvalue weighted by atomic mass is 10.1. The Kier molecular flexibility index (Phi) is 6.03. The summed E-state index contributed by atoms with van der Waals surface area (Å²) in [7, 11) is 0. The molecular weight excluding hydrogens is 418 g/mol. The first-order valence-electron chi connectivity index (χ1n) is 10.1. The fourth-order valence-corrected chi connectivity index (χ4v) is 4.74. The van der Waals surface area contributed by atoms with E-state index < -0.39 is 11.9 Å². The van der Waals surface area contributed by atoms with Crippen LogP contribution in [-0.4, -0.2) is 35.1 Å². The van der Waals surface area contributed by atoms with Crippen molar-refractivity contribution in [3.8, 4) is 5.75 Å². The molecule has 0 saturated carbocycles. The number of nitrogens with two attached hydrogens (primary N) is 1. The van der Waals surface area contributed by atoms with Gasteiger partial charge in [0.1, 0.15) is 21.3 Å². The highest BCUT2D eigenvalue weighted by molar-refractivity contribution is 7.20. The van der Waals surface area contributed by atoms with Crippen molar-refractivity contribution in [1.82, 2.24) is 9.97 Å². The molecule has 0 fully saturated rings. The Bertz CT molecular complexity index is 1160. The number of anilines is 1. The molecule has 0 unspecified atom stereocenters. The van der Waals surface area contributed by atoms with Crippen molar-refractivity contribution in [2.24, 2.45) is 0 Å². The zero-order chi connectivity index (χ0) is 22.0. The quantitative estimate of drug-likeness (QED) is 0.555. The summed E-state index contributed by atoms with van der Waals surface area (Å²) < 4.78 is 15.9. The van der Waals surface area contributed by atoms with Crippen LogP contribution >= 0.6 is 11.3 Å². The minimum atomic E-state index is -0.530. The summed E-state index contributed by atoms with van der Waals surface area (Å²) in [5.41, 5.74) is 9.37. The molecule has 4 rings (SSSR count). The third kappa shape index (κ3) is 4.46. The molecule has 0 saturated heterocycles. The second-order valence-corrected chi connectivity index (χ2v) is 8.21. The highest BCUT2D eigenvalue weighted by atomic mass is 32.1. The Labute approximate surface area is 183 Å². The van der Waals surface area contributed by atoms with E-state index >= 15 is 0 Å². The Morgan fingerprint density at radius 3 is 2.77 bits per heavy atom. The van der Waals surface area contributed by atoms with Gasteiger partial charge in [0.15, 0.2) is 19.0 Å². The van der Waals surface area contributed by atoms with Gasteiger partial charge in [0.2, 0.25) is 0 Å². The van der Waals surface area contributed by atoms with Crippen LogP contribution in [-0.2, 0) is 33.7 Å². The van der Waals surface area contributed by atoms with Crippen LogP contribution in [0.1, 0.15) is 45.5 Å². The number of thiophene rings is 1. The molecule has 1 aromatic carbocycles. The Hall–Kier alpha value is -3.20. The van der Waals surface area contributed by atoms with Crippen molar-refractivity contribution < 1.29 is 23.8 Å². The van der Waals surface area contributed by atoms with E-state index in [1.807, 2.05) is 18.2 Å². The number of hydrogen-bond acceptors (Lipinski definition) is 9. The molecule has 3 aromatic rings. The summed E-state index contributed by atoms with van der Waals surface area (Å²) in [6.07, 6.45) is 3.29. The van der Waals surface area contributed by atoms with Gasteiger partial charge < -0.3 is 19.9 Å². The summed E-state index contributed by atoms with van der Waals surface area (Å²) in [5, 5.41) is 0.614. The van der Waals surface area contributed by atoms with E-state index in [4.69, 9.17) is 19.9 Å². The van der Waals surface area contributed by atoms with E-state index in [1.165, 1.54) is 22.5 Å². The maximum Gasteiger partial charge on any atom is 0.348 e. The second-order valence-electron chi connectivity index (χ2n) is 7.22. The minimum absolute atomic E-state index is 0.141. The summed E-state index contributed by atoms with van der Waals surface area (Å²) in [6, 6.07) is 5.89. The average Bonchev–Trinajstić information content (AvgIpc) is 3.35. The van der Waals surface area contributed by atoms with Gasteiger partial charge in [-0.25, -0.2) is 19.6 Å². The van der Waals surface area contributed by atoms with Gasteiger partial charge in [-0.3, -0.25) is 0 Å². The van der Waals surface area contributed by atoms with Gasteiger partial charge in [-0.2, -0.15) is 0 Å². The van der Waals surface area contributed by atoms with Gasteiger partial charge in [-0.15, -0.1) is 11.3 Å². The average molecular weight is 442 g/mol. The van der Waals surface area contributed by atoms with Crippen LogP contribution in [0.5, 0.6) is 5.75 Å². The molecule has 162 valence electrons. The number of fused-ring (bicyclic) bond motifs is 2. The SMILES string of the molecule is CCOC(=O)c1sc2nc(COC(=O)COc3ccc4c(c3)CCC4)nc(N)c2c1C. The number of ether oxygens (including phenoxy) is 3. The number of nitrogens with zero attached hydrogens (tertiary/aromatic N) is 2. The van der Waals surface area contributed by atoms with Gasteiger partial charge in [0.05, 0.1) is 12.0 Å². The molecule has 1 aliphatic carbocycles. The van der Waals surface area contributed by atoms with Gasteiger partial charge in [0.25, 0.3) is 0 Å². The minimum Gasteiger partial charge on any atom is -0.482 e. The van der Waals surface area contributed by atoms with Crippen molar-refractivity contribution in [2.75, 3.05) is 18.9 Å². The van der Waals surface area contributed by atoms with Crippen LogP contribution in [0, 0.1) is 6.92 Å². The highest BCUT2D eigenvalue weighted by Gasteiger charge is 2.21. The number of esters is 2. The van der Waals surface area contributed by atoms with Crippen molar-refractivity contribution in [1.29, 1.82) is 0 Å². The fourth-order valence-electron chi connectivity index (χ4n) is 3.64.